The van der Waals surface area contributed by atoms with Crippen molar-refractivity contribution >= 4 is 0 Å². The molecule has 6 heteroatoms. The van der Waals surface area contributed by atoms with Crippen molar-refractivity contribution in [2.45, 2.75) is 38.7 Å². The van der Waals surface area contributed by atoms with E-state index in [0.717, 1.165) is 12.8 Å². The third-order valence-corrected chi connectivity index (χ3v) is 4.02. The number of aliphatic hydroxyl groups excluding tert-OH is 1. The summed E-state index contributed by atoms with van der Waals surface area (Å²) in [5.74, 6) is 0. The normalized spacial score (nSPS) is 14.7. The lowest BCUT2D eigenvalue weighted by Crippen LogP contribution is -2.57. The van der Waals surface area contributed by atoms with Crippen LogP contribution in [0.4, 0.5) is 22.0 Å². The van der Waals surface area contributed by atoms with Gasteiger partial charge in [0.05, 0.1) is 16.9 Å². The zero-order valence-electron chi connectivity index (χ0n) is 11.3. The molecule has 0 fully saturated rings. The van der Waals surface area contributed by atoms with E-state index in [9.17, 15) is 27.1 Å². The first-order chi connectivity index (χ1) is 9.03. The molecule has 0 rings (SSSR count). The minimum Gasteiger partial charge on any atom is -0.392 e. The van der Waals surface area contributed by atoms with E-state index < -0.39 is 50.3 Å². The molecule has 19 heavy (non-hydrogen) atoms. The number of alkyl halides is 5. The highest BCUT2D eigenvalue weighted by Gasteiger charge is 2.56. The zero-order chi connectivity index (χ0) is 14.9. The van der Waals surface area contributed by atoms with Crippen molar-refractivity contribution in [1.29, 1.82) is 0 Å². The largest absolute Gasteiger partial charge is 0.392 e. The van der Waals surface area contributed by atoms with Crippen LogP contribution in [0, 0.1) is 10.8 Å². The molecule has 1 N–H and O–H groups in total. The van der Waals surface area contributed by atoms with Gasteiger partial charge in [0.25, 0.3) is 0 Å². The molecule has 1 nitrogen and oxygen atoms in total. The standard InChI is InChI=1S/C13H23F5O/c1-2-3-4-5-11(19)13(9-17,10-18)12(6-14,7-15)8-16/h11,19H,2-10H2,1H3. The average molecular weight is 290 g/mol. The van der Waals surface area contributed by atoms with Gasteiger partial charge in [-0.15, -0.1) is 0 Å². The lowest BCUT2D eigenvalue weighted by molar-refractivity contribution is -0.136. The maximum absolute atomic E-state index is 13.2. The van der Waals surface area contributed by atoms with Gasteiger partial charge in [-0.3, -0.25) is 22.0 Å². The average Bonchev–Trinajstić information content (AvgIpc) is 2.45. The fourth-order valence-corrected chi connectivity index (χ4v) is 2.22. The number of hydrogen-bond acceptors (Lipinski definition) is 1. The van der Waals surface area contributed by atoms with Crippen LogP contribution in [0.2, 0.25) is 0 Å². The molecule has 0 heterocycles. The highest BCUT2D eigenvalue weighted by molar-refractivity contribution is 5.02. The van der Waals surface area contributed by atoms with Crippen LogP contribution in [0.25, 0.3) is 0 Å². The maximum atomic E-state index is 13.2. The van der Waals surface area contributed by atoms with Crippen LogP contribution in [0.5, 0.6) is 0 Å². The Morgan fingerprint density at radius 3 is 1.63 bits per heavy atom. The minimum atomic E-state index is -2.44. The van der Waals surface area contributed by atoms with Crippen molar-refractivity contribution in [3.05, 3.63) is 0 Å². The first kappa shape index (κ1) is 18.6. The lowest BCUT2D eigenvalue weighted by atomic mass is 9.62. The summed E-state index contributed by atoms with van der Waals surface area (Å²) < 4.78 is 65.5. The van der Waals surface area contributed by atoms with Gasteiger partial charge in [-0.25, -0.2) is 0 Å². The monoisotopic (exact) mass is 290 g/mol. The van der Waals surface area contributed by atoms with Crippen LogP contribution >= 0.6 is 0 Å². The van der Waals surface area contributed by atoms with Crippen LogP contribution in [0.3, 0.4) is 0 Å². The number of unbranched alkanes of at least 4 members (excludes halogenated alkanes) is 2. The van der Waals surface area contributed by atoms with Crippen molar-refractivity contribution in [1.82, 2.24) is 0 Å². The Morgan fingerprint density at radius 1 is 0.842 bits per heavy atom. The van der Waals surface area contributed by atoms with Crippen LogP contribution in [0.15, 0.2) is 0 Å². The van der Waals surface area contributed by atoms with Gasteiger partial charge >= 0.3 is 0 Å². The van der Waals surface area contributed by atoms with Gasteiger partial charge in [-0.1, -0.05) is 26.2 Å². The molecule has 0 amide bonds. The van der Waals surface area contributed by atoms with Gasteiger partial charge in [-0.05, 0) is 6.42 Å². The van der Waals surface area contributed by atoms with E-state index in [0.29, 0.717) is 6.42 Å². The van der Waals surface area contributed by atoms with Crippen LogP contribution in [-0.2, 0) is 0 Å². The SMILES string of the molecule is CCCCCC(O)C(CF)(CF)C(CF)(CF)CF. The summed E-state index contributed by atoms with van der Waals surface area (Å²) in [6.07, 6.45) is 0.422. The van der Waals surface area contributed by atoms with Crippen LogP contribution in [-0.4, -0.2) is 44.6 Å². The maximum Gasteiger partial charge on any atom is 0.101 e. The Morgan fingerprint density at radius 2 is 1.32 bits per heavy atom. The summed E-state index contributed by atoms with van der Waals surface area (Å²) in [6, 6.07) is 0. The molecular formula is C13H23F5O. The summed E-state index contributed by atoms with van der Waals surface area (Å²) in [4.78, 5) is 0. The van der Waals surface area contributed by atoms with Gasteiger partial charge in [0, 0.05) is 0 Å². The first-order valence-electron chi connectivity index (χ1n) is 6.52. The third kappa shape index (κ3) is 3.58. The molecule has 0 radical (unpaired) electrons. The fraction of sp³-hybridized carbons (Fsp3) is 1.00. The molecule has 0 saturated heterocycles. The molecule has 0 saturated carbocycles. The highest BCUT2D eigenvalue weighted by Crippen LogP contribution is 2.46. The smallest absolute Gasteiger partial charge is 0.101 e. The van der Waals surface area contributed by atoms with Gasteiger partial charge in [-0.2, -0.15) is 0 Å². The van der Waals surface area contributed by atoms with Gasteiger partial charge in [0.1, 0.15) is 33.4 Å². The molecule has 0 aliphatic carbocycles. The molecule has 0 aromatic heterocycles. The predicted octanol–water partition coefficient (Wildman–Crippen LogP) is 3.75. The Labute approximate surface area is 111 Å². The van der Waals surface area contributed by atoms with Gasteiger partial charge in [0.15, 0.2) is 0 Å². The van der Waals surface area contributed by atoms with E-state index in [4.69, 9.17) is 0 Å². The van der Waals surface area contributed by atoms with E-state index in [1.807, 2.05) is 6.92 Å². The summed E-state index contributed by atoms with van der Waals surface area (Å²) in [7, 11) is 0. The van der Waals surface area contributed by atoms with E-state index >= 15 is 0 Å². The highest BCUT2D eigenvalue weighted by atomic mass is 19.2. The molecule has 0 aliphatic heterocycles. The summed E-state index contributed by atoms with van der Waals surface area (Å²) in [5, 5.41) is 9.94. The molecule has 1 unspecified atom stereocenters. The summed E-state index contributed by atoms with van der Waals surface area (Å²) in [5.41, 5.74) is -4.79. The van der Waals surface area contributed by atoms with Crippen molar-refractivity contribution in [3.8, 4) is 0 Å². The van der Waals surface area contributed by atoms with Crippen molar-refractivity contribution < 1.29 is 27.1 Å². The predicted molar refractivity (Wildman–Crippen MR) is 64.9 cm³/mol. The van der Waals surface area contributed by atoms with Crippen molar-refractivity contribution in [2.24, 2.45) is 10.8 Å². The van der Waals surface area contributed by atoms with Gasteiger partial charge < -0.3 is 5.11 Å². The molecule has 0 aromatic carbocycles. The second-order valence-corrected chi connectivity index (χ2v) is 5.12. The van der Waals surface area contributed by atoms with E-state index in [2.05, 4.69) is 0 Å². The number of hydrogen-bond donors (Lipinski definition) is 1. The summed E-state index contributed by atoms with van der Waals surface area (Å²) in [6.45, 7) is -5.71. The molecule has 0 bridgehead atoms. The Kier molecular flexibility index (Phi) is 8.54. The van der Waals surface area contributed by atoms with E-state index in [-0.39, 0.29) is 6.42 Å². The summed E-state index contributed by atoms with van der Waals surface area (Å²) >= 11 is 0. The molecule has 1 atom stereocenters. The fourth-order valence-electron chi connectivity index (χ4n) is 2.22. The third-order valence-electron chi connectivity index (χ3n) is 4.02. The topological polar surface area (TPSA) is 20.2 Å². The first-order valence-corrected chi connectivity index (χ1v) is 6.52. The molecular weight excluding hydrogens is 267 g/mol. The molecule has 0 aliphatic rings. The van der Waals surface area contributed by atoms with Crippen LogP contribution < -0.4 is 0 Å². The quantitative estimate of drug-likeness (QED) is 0.454. The number of rotatable bonds is 11. The second kappa shape index (κ2) is 8.72. The lowest BCUT2D eigenvalue weighted by Gasteiger charge is -2.45. The Balaban J connectivity index is 5.20. The Hall–Kier alpha value is -0.390. The molecule has 116 valence electrons. The molecule has 0 spiro atoms. The van der Waals surface area contributed by atoms with E-state index in [1.165, 1.54) is 0 Å². The van der Waals surface area contributed by atoms with Crippen molar-refractivity contribution in [2.75, 3.05) is 33.4 Å². The van der Waals surface area contributed by atoms with E-state index in [1.54, 1.807) is 0 Å². The van der Waals surface area contributed by atoms with Crippen molar-refractivity contribution in [3.63, 3.8) is 0 Å². The number of halogens is 5. The minimum absolute atomic E-state index is 0.00340. The van der Waals surface area contributed by atoms with Crippen LogP contribution in [0.1, 0.15) is 32.6 Å². The second-order valence-electron chi connectivity index (χ2n) is 5.12. The van der Waals surface area contributed by atoms with Gasteiger partial charge in [0.2, 0.25) is 0 Å². The Bertz CT molecular complexity index is 221. The molecule has 0 aromatic rings. The number of aliphatic hydroxyl groups is 1. The zero-order valence-corrected chi connectivity index (χ0v) is 11.3.